The van der Waals surface area contributed by atoms with Crippen LogP contribution in [0.25, 0.3) is 11.1 Å². The smallest absolute Gasteiger partial charge is 0.264 e. The zero-order chi connectivity index (χ0) is 55.0. The minimum atomic E-state index is -0.0881. The van der Waals surface area contributed by atoms with Crippen LogP contribution in [-0.2, 0) is 55.2 Å². The maximum absolute atomic E-state index is 2.85. The van der Waals surface area contributed by atoms with Gasteiger partial charge in [0, 0.05) is 38.9 Å². The van der Waals surface area contributed by atoms with E-state index in [-0.39, 0.29) is 55.4 Å². The lowest BCUT2D eigenvalue weighted by atomic mass is 9.35. The van der Waals surface area contributed by atoms with E-state index in [0.29, 0.717) is 0 Å². The van der Waals surface area contributed by atoms with Gasteiger partial charge in [0.1, 0.15) is 0 Å². The number of rotatable bonds is 5. The van der Waals surface area contributed by atoms with E-state index in [0.717, 1.165) is 13.0 Å². The normalized spacial score (nSPS) is 20.2. The van der Waals surface area contributed by atoms with Crippen molar-refractivity contribution in [3.8, 4) is 11.1 Å². The molecule has 2 aliphatic heterocycles. The van der Waals surface area contributed by atoms with Crippen molar-refractivity contribution >= 4 is 62.2 Å². The molecule has 0 unspecified atom stereocenters. The van der Waals surface area contributed by atoms with Crippen LogP contribution in [0.5, 0.6) is 0 Å². The first-order chi connectivity index (χ1) is 35.0. The molecule has 0 bridgehead atoms. The van der Waals surface area contributed by atoms with E-state index < -0.39 is 0 Å². The molecule has 0 radical (unpaired) electrons. The Balaban J connectivity index is 1.20. The lowest BCUT2D eigenvalue weighted by Gasteiger charge is -2.48. The van der Waals surface area contributed by atoms with Gasteiger partial charge in [-0.1, -0.05) is 200 Å². The third-order valence-corrected chi connectivity index (χ3v) is 21.8. The Labute approximate surface area is 466 Å². The van der Waals surface area contributed by atoms with E-state index in [1.165, 1.54) is 117 Å². The topological polar surface area (TPSA) is 6.48 Å². The van der Waals surface area contributed by atoms with Crippen molar-refractivity contribution in [1.82, 2.24) is 0 Å². The van der Waals surface area contributed by atoms with E-state index >= 15 is 0 Å². The fourth-order valence-electron chi connectivity index (χ4n) is 14.7. The van der Waals surface area contributed by atoms with Crippen molar-refractivity contribution < 1.29 is 0 Å². The van der Waals surface area contributed by atoms with Crippen molar-refractivity contribution in [2.75, 3.05) is 16.3 Å². The molecule has 76 heavy (non-hydrogen) atoms. The number of benzene rings is 5. The Bertz CT molecular complexity index is 3330. The summed E-state index contributed by atoms with van der Waals surface area (Å²) in [6, 6.07) is 35.4. The average molecular weight is 1030 g/mol. The highest BCUT2D eigenvalue weighted by Crippen LogP contribution is 2.58. The molecule has 2 nitrogen and oxygen atoms in total. The number of hydrogen-bond acceptors (Lipinski definition) is 3. The Hall–Kier alpha value is -4.54. The summed E-state index contributed by atoms with van der Waals surface area (Å²) in [7, 11) is 0. The van der Waals surface area contributed by atoms with Gasteiger partial charge in [-0.3, -0.25) is 0 Å². The van der Waals surface area contributed by atoms with Crippen molar-refractivity contribution in [2.45, 2.75) is 239 Å². The van der Waals surface area contributed by atoms with Gasteiger partial charge in [0.2, 0.25) is 0 Å². The maximum Gasteiger partial charge on any atom is 0.264 e. The molecule has 5 aromatic carbocycles. The predicted octanol–water partition coefficient (Wildman–Crippen LogP) is 18.3. The molecule has 0 amide bonds. The molecule has 11 rings (SSSR count). The third kappa shape index (κ3) is 8.44. The molecule has 0 saturated heterocycles. The van der Waals surface area contributed by atoms with Gasteiger partial charge in [0.05, 0.1) is 5.69 Å². The monoisotopic (exact) mass is 1030 g/mol. The predicted molar refractivity (Wildman–Crippen MR) is 335 cm³/mol. The second-order valence-corrected chi connectivity index (χ2v) is 32.8. The molecular weight excluding hydrogens is 936 g/mol. The molecule has 400 valence electrons. The number of thiophene rings is 1. The van der Waals surface area contributed by atoms with E-state index in [9.17, 15) is 0 Å². The van der Waals surface area contributed by atoms with E-state index in [4.69, 9.17) is 0 Å². The molecule has 1 aromatic heterocycles. The Morgan fingerprint density at radius 3 is 1.61 bits per heavy atom. The molecule has 4 heteroatoms. The van der Waals surface area contributed by atoms with E-state index in [2.05, 4.69) is 251 Å². The highest BCUT2D eigenvalue weighted by Gasteiger charge is 2.52. The molecule has 6 aromatic rings. The van der Waals surface area contributed by atoms with Crippen molar-refractivity contribution in [3.63, 3.8) is 0 Å². The molecule has 0 spiro atoms. The van der Waals surface area contributed by atoms with Crippen LogP contribution in [0.3, 0.4) is 0 Å². The maximum atomic E-state index is 2.85. The summed E-state index contributed by atoms with van der Waals surface area (Å²) in [5.74, 6) is 0. The number of anilines is 5. The Morgan fingerprint density at radius 1 is 0.474 bits per heavy atom. The van der Waals surface area contributed by atoms with Gasteiger partial charge in [-0.15, -0.1) is 0 Å². The van der Waals surface area contributed by atoms with E-state index in [1.807, 2.05) is 0 Å². The summed E-state index contributed by atoms with van der Waals surface area (Å²) in [5, 5.41) is 0. The van der Waals surface area contributed by atoms with Crippen LogP contribution in [0, 0.1) is 0 Å². The quantitative estimate of drug-likeness (QED) is 0.159. The number of nitrogens with zero attached hydrogens (tertiary/aromatic N) is 2. The summed E-state index contributed by atoms with van der Waals surface area (Å²) in [6.45, 7) is 52.7. The standard InChI is InChI=1S/C72H93BN2S/c1-64(2,3)45-27-29-48(30-28-45)75-57-41-47(66(7,8)9)40-56-60(57)73(63-61(75)59-62(76-63)72(20,21)37-36-71(59,18)19)54-42-52-53(69(14,15)33-32-68(52,12)13)43-55(54)74(56)38-31-44-25-26-46(65(4,5)6)39-50(44)49-23-22-24-51-58(49)70(16,17)35-34-67(51,10)11/h22-30,39-43H,31-38H2,1-21H3. The summed E-state index contributed by atoms with van der Waals surface area (Å²) < 4.78 is 1.54. The van der Waals surface area contributed by atoms with Gasteiger partial charge in [-0.2, -0.15) is 11.3 Å². The summed E-state index contributed by atoms with van der Waals surface area (Å²) >= 11 is 2.17. The van der Waals surface area contributed by atoms with Gasteiger partial charge in [-0.25, -0.2) is 0 Å². The van der Waals surface area contributed by atoms with Gasteiger partial charge < -0.3 is 9.80 Å². The van der Waals surface area contributed by atoms with Gasteiger partial charge in [0.15, 0.2) is 0 Å². The van der Waals surface area contributed by atoms with Crippen LogP contribution in [0.1, 0.15) is 239 Å². The Kier molecular flexibility index (Phi) is 12.0. The van der Waals surface area contributed by atoms with Gasteiger partial charge >= 0.3 is 0 Å². The number of fused-ring (bicyclic) bond motifs is 8. The third-order valence-electron chi connectivity index (χ3n) is 20.2. The minimum Gasteiger partial charge on any atom is -0.342 e. The molecule has 0 N–H and O–H groups in total. The zero-order valence-corrected chi connectivity index (χ0v) is 51.9. The van der Waals surface area contributed by atoms with Crippen LogP contribution < -0.4 is 25.5 Å². The molecular formula is C72H93BN2S. The second-order valence-electron chi connectivity index (χ2n) is 31.8. The van der Waals surface area contributed by atoms with Crippen LogP contribution in [0.2, 0.25) is 0 Å². The highest BCUT2D eigenvalue weighted by atomic mass is 32.1. The first-order valence-electron chi connectivity index (χ1n) is 29.5. The highest BCUT2D eigenvalue weighted by molar-refractivity contribution is 7.29. The lowest BCUT2D eigenvalue weighted by Crippen LogP contribution is -2.62. The lowest BCUT2D eigenvalue weighted by molar-refractivity contribution is 0.332. The van der Waals surface area contributed by atoms with Crippen molar-refractivity contribution in [2.24, 2.45) is 0 Å². The van der Waals surface area contributed by atoms with Crippen molar-refractivity contribution in [1.29, 1.82) is 0 Å². The summed E-state index contributed by atoms with van der Waals surface area (Å²) in [4.78, 5) is 7.23. The minimum absolute atomic E-state index is 0.0209. The van der Waals surface area contributed by atoms with Crippen LogP contribution >= 0.6 is 11.3 Å². The summed E-state index contributed by atoms with van der Waals surface area (Å²) in [5.41, 5.74) is 26.6. The van der Waals surface area contributed by atoms with Gasteiger partial charge in [0.25, 0.3) is 6.71 Å². The largest absolute Gasteiger partial charge is 0.342 e. The van der Waals surface area contributed by atoms with Gasteiger partial charge in [-0.05, 0) is 196 Å². The fourth-order valence-corrected chi connectivity index (χ4v) is 16.4. The summed E-state index contributed by atoms with van der Waals surface area (Å²) in [6.07, 6.45) is 8.09. The molecule has 0 saturated carbocycles. The van der Waals surface area contributed by atoms with Crippen LogP contribution in [0.15, 0.2) is 84.9 Å². The zero-order valence-electron chi connectivity index (χ0n) is 51.1. The molecule has 0 fully saturated rings. The van der Waals surface area contributed by atoms with Crippen LogP contribution in [-0.4, -0.2) is 13.3 Å². The molecule has 0 atom stereocenters. The first-order valence-corrected chi connectivity index (χ1v) is 30.4. The molecule has 3 aliphatic carbocycles. The SMILES string of the molecule is CC(C)(C)c1ccc(N2c3cc(C(C)(C)C)cc4c3B(c3cc5c(cc3N4CCc3ccc(C(C)(C)C)cc3-c3cccc4c3C(C)(C)CCC4(C)C)C(C)(C)CCC5(C)C)c3sc4c(c32)C(C)(C)CCC4(C)C)cc1. The number of hydrogen-bond donors (Lipinski definition) is 0. The van der Waals surface area contributed by atoms with Crippen molar-refractivity contribution in [3.05, 3.63) is 140 Å². The second kappa shape index (κ2) is 17.0. The van der Waals surface area contributed by atoms with Crippen LogP contribution in [0.4, 0.5) is 28.4 Å². The first kappa shape index (κ1) is 53.5. The fraction of sp³-hybridized carbons (Fsp3) is 0.528. The molecule has 3 heterocycles. The average Bonchev–Trinajstić information content (AvgIpc) is 3.84. The molecule has 5 aliphatic rings. The Morgan fingerprint density at radius 2 is 1.00 bits per heavy atom. The van der Waals surface area contributed by atoms with E-state index in [1.54, 1.807) is 31.9 Å².